The van der Waals surface area contributed by atoms with Crippen LogP contribution in [0.25, 0.3) is 17.2 Å². The van der Waals surface area contributed by atoms with Crippen LogP contribution in [-0.2, 0) is 13.1 Å². The van der Waals surface area contributed by atoms with E-state index in [0.717, 1.165) is 24.3 Å². The molecule has 1 amide bonds. The average Bonchev–Trinajstić information content (AvgIpc) is 3.26. The van der Waals surface area contributed by atoms with Crippen LogP contribution in [0.2, 0.25) is 5.02 Å². The number of imidazole rings is 1. The summed E-state index contributed by atoms with van der Waals surface area (Å²) in [6.07, 6.45) is 2.70. The Morgan fingerprint density at radius 2 is 2.18 bits per heavy atom. The van der Waals surface area contributed by atoms with E-state index in [1.807, 2.05) is 10.6 Å². The van der Waals surface area contributed by atoms with Gasteiger partial charge in [0.25, 0.3) is 5.91 Å². The van der Waals surface area contributed by atoms with E-state index in [1.54, 1.807) is 30.4 Å². The maximum Gasteiger partial charge on any atom is 0.256 e. The highest BCUT2D eigenvalue weighted by Gasteiger charge is 2.28. The van der Waals surface area contributed by atoms with Crippen molar-refractivity contribution < 1.29 is 9.32 Å². The van der Waals surface area contributed by atoms with Gasteiger partial charge in [0.15, 0.2) is 0 Å². The molecular weight excluding hydrogens is 403 g/mol. The van der Waals surface area contributed by atoms with Gasteiger partial charge in [0.1, 0.15) is 12.0 Å². The average molecular weight is 423 g/mol. The minimum atomic E-state index is -0.0975. The van der Waals surface area contributed by atoms with Crippen molar-refractivity contribution in [3.63, 3.8) is 0 Å². The highest BCUT2D eigenvalue weighted by molar-refractivity contribution is 6.31. The van der Waals surface area contributed by atoms with Crippen LogP contribution < -0.4 is 5.32 Å². The minimum absolute atomic E-state index is 0. The molecule has 0 atom stereocenters. The lowest BCUT2D eigenvalue weighted by molar-refractivity contribution is 0.0788. The van der Waals surface area contributed by atoms with Crippen LogP contribution in [0.1, 0.15) is 35.3 Å². The topological polar surface area (TPSA) is 89.1 Å². The number of halogens is 2. The molecule has 28 heavy (non-hydrogen) atoms. The molecule has 2 aromatic heterocycles. The van der Waals surface area contributed by atoms with Gasteiger partial charge in [0, 0.05) is 12.1 Å². The third-order valence-electron chi connectivity index (χ3n) is 4.43. The van der Waals surface area contributed by atoms with E-state index in [-0.39, 0.29) is 18.3 Å². The molecule has 3 heterocycles. The number of fused-ring (bicyclic) bond motifs is 3. The van der Waals surface area contributed by atoms with Gasteiger partial charge in [0.05, 0.1) is 30.0 Å². The summed E-state index contributed by atoms with van der Waals surface area (Å²) in [6.45, 7) is 3.86. The molecule has 0 radical (unpaired) electrons. The number of nitrogens with zero attached hydrogens (tertiary/aromatic N) is 5. The fraction of sp³-hybridized carbons (Fsp3) is 0.333. The van der Waals surface area contributed by atoms with Gasteiger partial charge in [-0.1, -0.05) is 23.7 Å². The van der Waals surface area contributed by atoms with Gasteiger partial charge in [-0.05, 0) is 31.2 Å². The smallest absolute Gasteiger partial charge is 0.256 e. The first-order valence-corrected chi connectivity index (χ1v) is 9.11. The lowest BCUT2D eigenvalue weighted by atomic mass is 10.1. The standard InChI is InChI=1S/C18H19ClN6O2.ClH/c1-3-6-20-8-15-22-17(23-27-15)16-14-9-24(2)18(26)12-7-11(19)4-5-13(12)25(14)10-21-16;/h4-5,7,10,20H,3,6,8-9H2,1-2H3;1H. The highest BCUT2D eigenvalue weighted by Crippen LogP contribution is 2.30. The van der Waals surface area contributed by atoms with Crippen LogP contribution in [0.15, 0.2) is 29.0 Å². The molecule has 0 bridgehead atoms. The molecule has 0 spiro atoms. The van der Waals surface area contributed by atoms with Gasteiger partial charge in [0.2, 0.25) is 11.7 Å². The quantitative estimate of drug-likeness (QED) is 0.635. The van der Waals surface area contributed by atoms with Gasteiger partial charge in [-0.25, -0.2) is 4.98 Å². The zero-order valence-electron chi connectivity index (χ0n) is 15.5. The van der Waals surface area contributed by atoms with Crippen LogP contribution in [0, 0.1) is 0 Å². The van der Waals surface area contributed by atoms with Crippen molar-refractivity contribution in [3.05, 3.63) is 46.7 Å². The molecule has 1 aliphatic heterocycles. The summed E-state index contributed by atoms with van der Waals surface area (Å²) in [7, 11) is 1.75. The molecule has 8 nitrogen and oxygen atoms in total. The number of carbonyl (C=O) groups excluding carboxylic acids is 1. The van der Waals surface area contributed by atoms with Crippen LogP contribution in [0.3, 0.4) is 0 Å². The van der Waals surface area contributed by atoms with E-state index in [0.29, 0.717) is 41.1 Å². The fourth-order valence-electron chi connectivity index (χ4n) is 3.11. The molecule has 1 aliphatic rings. The lowest BCUT2D eigenvalue weighted by Crippen LogP contribution is -2.25. The Balaban J connectivity index is 0.00000225. The molecule has 0 saturated heterocycles. The van der Waals surface area contributed by atoms with E-state index in [2.05, 4.69) is 27.4 Å². The summed E-state index contributed by atoms with van der Waals surface area (Å²) in [5.41, 5.74) is 2.69. The number of rotatable bonds is 5. The lowest BCUT2D eigenvalue weighted by Gasteiger charge is -2.14. The predicted molar refractivity (Wildman–Crippen MR) is 107 cm³/mol. The van der Waals surface area contributed by atoms with E-state index in [9.17, 15) is 4.79 Å². The SMILES string of the molecule is CCCNCc1nc(-c2ncn3c2CN(C)C(=O)c2cc(Cl)ccc2-3)no1.Cl. The normalized spacial score (nSPS) is 13.0. The molecule has 0 aliphatic carbocycles. The largest absolute Gasteiger partial charge is 0.337 e. The molecule has 0 saturated carbocycles. The summed E-state index contributed by atoms with van der Waals surface area (Å²) < 4.78 is 7.20. The van der Waals surface area contributed by atoms with Crippen molar-refractivity contribution in [2.24, 2.45) is 0 Å². The van der Waals surface area contributed by atoms with Crippen molar-refractivity contribution in [3.8, 4) is 17.2 Å². The molecule has 10 heteroatoms. The number of amides is 1. The molecule has 4 rings (SSSR count). The molecule has 0 unspecified atom stereocenters. The Morgan fingerprint density at radius 1 is 1.36 bits per heavy atom. The van der Waals surface area contributed by atoms with Crippen molar-refractivity contribution in [1.82, 2.24) is 29.9 Å². The summed E-state index contributed by atoms with van der Waals surface area (Å²) in [6, 6.07) is 5.25. The molecule has 3 aromatic rings. The Labute approximate surface area is 173 Å². The number of nitrogens with one attached hydrogen (secondary N) is 1. The van der Waals surface area contributed by atoms with Crippen LogP contribution in [0.4, 0.5) is 0 Å². The summed E-state index contributed by atoms with van der Waals surface area (Å²) in [4.78, 5) is 23.3. The van der Waals surface area contributed by atoms with Crippen molar-refractivity contribution in [2.45, 2.75) is 26.4 Å². The maximum absolute atomic E-state index is 12.7. The van der Waals surface area contributed by atoms with E-state index >= 15 is 0 Å². The molecule has 0 fully saturated rings. The maximum atomic E-state index is 12.7. The monoisotopic (exact) mass is 422 g/mol. The van der Waals surface area contributed by atoms with Gasteiger partial charge >= 0.3 is 0 Å². The van der Waals surface area contributed by atoms with Gasteiger partial charge in [-0.2, -0.15) is 4.98 Å². The van der Waals surface area contributed by atoms with E-state index in [1.165, 1.54) is 0 Å². The van der Waals surface area contributed by atoms with Crippen LogP contribution in [-0.4, -0.2) is 44.1 Å². The van der Waals surface area contributed by atoms with Crippen LogP contribution in [0.5, 0.6) is 0 Å². The third-order valence-corrected chi connectivity index (χ3v) is 4.67. The number of hydrogen-bond donors (Lipinski definition) is 1. The summed E-state index contributed by atoms with van der Waals surface area (Å²) >= 11 is 6.09. The number of aromatic nitrogens is 4. The first-order chi connectivity index (χ1) is 13.1. The first kappa shape index (κ1) is 20.3. The first-order valence-electron chi connectivity index (χ1n) is 8.73. The summed E-state index contributed by atoms with van der Waals surface area (Å²) in [5.74, 6) is 0.820. The van der Waals surface area contributed by atoms with E-state index in [4.69, 9.17) is 16.1 Å². The minimum Gasteiger partial charge on any atom is -0.337 e. The molecule has 1 aromatic carbocycles. The zero-order chi connectivity index (χ0) is 19.0. The Hall–Kier alpha value is -2.42. The van der Waals surface area contributed by atoms with E-state index < -0.39 is 0 Å². The van der Waals surface area contributed by atoms with Gasteiger partial charge in [-0.3, -0.25) is 9.36 Å². The molecule has 1 N–H and O–H groups in total. The Morgan fingerprint density at radius 3 is 2.96 bits per heavy atom. The number of carbonyl (C=O) groups is 1. The van der Waals surface area contributed by atoms with Crippen molar-refractivity contribution in [1.29, 1.82) is 0 Å². The predicted octanol–water partition coefficient (Wildman–Crippen LogP) is 3.08. The second-order valence-electron chi connectivity index (χ2n) is 6.42. The van der Waals surface area contributed by atoms with Crippen molar-refractivity contribution in [2.75, 3.05) is 13.6 Å². The third kappa shape index (κ3) is 3.63. The Bertz CT molecular complexity index is 1000. The van der Waals surface area contributed by atoms with Crippen molar-refractivity contribution >= 4 is 29.9 Å². The molecule has 148 valence electrons. The second kappa shape index (κ2) is 8.30. The Kier molecular flexibility index (Phi) is 6.02. The second-order valence-corrected chi connectivity index (χ2v) is 6.86. The summed E-state index contributed by atoms with van der Waals surface area (Å²) in [5, 5.41) is 7.81. The van der Waals surface area contributed by atoms with Gasteiger partial charge < -0.3 is 14.7 Å². The highest BCUT2D eigenvalue weighted by atomic mass is 35.5. The fourth-order valence-corrected chi connectivity index (χ4v) is 3.28. The zero-order valence-corrected chi connectivity index (χ0v) is 17.0. The van der Waals surface area contributed by atoms with Gasteiger partial charge in [-0.15, -0.1) is 12.4 Å². The number of benzene rings is 1. The van der Waals surface area contributed by atoms with Crippen LogP contribution >= 0.6 is 24.0 Å². The molecular formula is C18H20Cl2N6O2. The number of hydrogen-bond acceptors (Lipinski definition) is 6.